The van der Waals surface area contributed by atoms with Crippen LogP contribution in [0.4, 0.5) is 0 Å². The molecule has 1 fully saturated rings. The number of hydrogen-bond acceptors (Lipinski definition) is 4. The zero-order valence-electron chi connectivity index (χ0n) is 12.6. The van der Waals surface area contributed by atoms with Crippen LogP contribution in [0.25, 0.3) is 0 Å². The Balaban J connectivity index is 1.77. The van der Waals surface area contributed by atoms with Crippen LogP contribution in [-0.2, 0) is 6.54 Å². The number of nitrogens with one attached hydrogen (secondary N) is 1. The van der Waals surface area contributed by atoms with Gasteiger partial charge >= 0.3 is 0 Å². The van der Waals surface area contributed by atoms with Gasteiger partial charge in [0.2, 0.25) is 0 Å². The number of rotatable bonds is 4. The number of H-pyrrole nitrogens is 1. The first-order chi connectivity index (χ1) is 10.3. The average molecular weight is 286 g/mol. The van der Waals surface area contributed by atoms with Crippen LogP contribution in [0.5, 0.6) is 5.75 Å². The molecule has 1 atom stereocenters. The Bertz CT molecular complexity index is 569. The highest BCUT2D eigenvalue weighted by Crippen LogP contribution is 2.31. The van der Waals surface area contributed by atoms with E-state index in [1.165, 1.54) is 11.3 Å². The third kappa shape index (κ3) is 3.09. The van der Waals surface area contributed by atoms with Crippen LogP contribution in [0.1, 0.15) is 17.3 Å². The van der Waals surface area contributed by atoms with Crippen LogP contribution in [0, 0.1) is 0 Å². The van der Waals surface area contributed by atoms with E-state index in [1.807, 2.05) is 18.3 Å². The van der Waals surface area contributed by atoms with Crippen LogP contribution < -0.4 is 4.74 Å². The highest BCUT2D eigenvalue weighted by Gasteiger charge is 2.27. The third-order valence-corrected chi connectivity index (χ3v) is 4.18. The normalized spacial score (nSPS) is 20.6. The first-order valence-corrected chi connectivity index (χ1v) is 7.30. The van der Waals surface area contributed by atoms with Crippen LogP contribution in [0.3, 0.4) is 0 Å². The molecule has 0 saturated carbocycles. The Morgan fingerprint density at radius 1 is 1.33 bits per heavy atom. The van der Waals surface area contributed by atoms with E-state index >= 15 is 0 Å². The lowest BCUT2D eigenvalue weighted by Gasteiger charge is -2.39. The van der Waals surface area contributed by atoms with Crippen molar-refractivity contribution >= 4 is 0 Å². The third-order valence-electron chi connectivity index (χ3n) is 4.18. The molecule has 3 rings (SSSR count). The van der Waals surface area contributed by atoms with Gasteiger partial charge in [0.1, 0.15) is 5.75 Å². The molecule has 2 aromatic rings. The zero-order chi connectivity index (χ0) is 14.7. The van der Waals surface area contributed by atoms with Gasteiger partial charge in [-0.3, -0.25) is 9.80 Å². The van der Waals surface area contributed by atoms with Crippen LogP contribution in [-0.4, -0.2) is 53.6 Å². The van der Waals surface area contributed by atoms with Gasteiger partial charge in [-0.25, -0.2) is 4.98 Å². The standard InChI is InChI=1S/C16H22N4O/c1-19-7-8-20(10-13-9-17-12-18-13)11-15(19)14-5-3-4-6-16(14)21-2/h3-6,9,12,15H,7-8,10-11H2,1-2H3,(H,17,18). The molecule has 1 aromatic heterocycles. The van der Waals surface area contributed by atoms with Gasteiger partial charge in [0.25, 0.3) is 0 Å². The molecule has 0 radical (unpaired) electrons. The molecule has 1 unspecified atom stereocenters. The number of hydrogen-bond donors (Lipinski definition) is 1. The van der Waals surface area contributed by atoms with Crippen LogP contribution >= 0.6 is 0 Å². The Labute approximate surface area is 125 Å². The van der Waals surface area contributed by atoms with Crippen LogP contribution in [0.2, 0.25) is 0 Å². The van der Waals surface area contributed by atoms with E-state index in [0.717, 1.165) is 31.9 Å². The van der Waals surface area contributed by atoms with Crippen molar-refractivity contribution in [3.63, 3.8) is 0 Å². The van der Waals surface area contributed by atoms with E-state index in [9.17, 15) is 0 Å². The predicted octanol–water partition coefficient (Wildman–Crippen LogP) is 1.91. The van der Waals surface area contributed by atoms with Crippen molar-refractivity contribution in [3.05, 3.63) is 48.0 Å². The first kappa shape index (κ1) is 14.1. The van der Waals surface area contributed by atoms with E-state index in [-0.39, 0.29) is 0 Å². The minimum absolute atomic E-state index is 0.359. The Kier molecular flexibility index (Phi) is 4.22. The number of benzene rings is 1. The van der Waals surface area contributed by atoms with Crippen molar-refractivity contribution in [2.24, 2.45) is 0 Å². The second-order valence-corrected chi connectivity index (χ2v) is 5.55. The Morgan fingerprint density at radius 3 is 2.95 bits per heavy atom. The van der Waals surface area contributed by atoms with E-state index in [2.05, 4.69) is 38.9 Å². The van der Waals surface area contributed by atoms with Crippen molar-refractivity contribution in [2.45, 2.75) is 12.6 Å². The van der Waals surface area contributed by atoms with Gasteiger partial charge in [-0.15, -0.1) is 0 Å². The van der Waals surface area contributed by atoms with Crippen LogP contribution in [0.15, 0.2) is 36.8 Å². The number of para-hydroxylation sites is 1. The minimum Gasteiger partial charge on any atom is -0.496 e. The summed E-state index contributed by atoms with van der Waals surface area (Å²) < 4.78 is 5.53. The molecule has 1 aliphatic heterocycles. The molecule has 0 amide bonds. The smallest absolute Gasteiger partial charge is 0.123 e. The lowest BCUT2D eigenvalue weighted by molar-refractivity contribution is 0.0882. The van der Waals surface area contributed by atoms with Crippen molar-refractivity contribution < 1.29 is 4.74 Å². The fourth-order valence-electron chi connectivity index (χ4n) is 2.96. The maximum atomic E-state index is 5.53. The molecule has 1 N–H and O–H groups in total. The SMILES string of the molecule is COc1ccccc1C1CN(Cc2cnc[nH]2)CCN1C. The lowest BCUT2D eigenvalue weighted by Crippen LogP contribution is -2.46. The van der Waals surface area contributed by atoms with Crippen molar-refractivity contribution in [1.82, 2.24) is 19.8 Å². The molecule has 0 bridgehead atoms. The van der Waals surface area contributed by atoms with Gasteiger partial charge in [0, 0.05) is 43.6 Å². The summed E-state index contributed by atoms with van der Waals surface area (Å²) in [6, 6.07) is 8.67. The molecule has 0 aliphatic carbocycles. The summed E-state index contributed by atoms with van der Waals surface area (Å²) in [5.74, 6) is 0.970. The molecule has 1 saturated heterocycles. The summed E-state index contributed by atoms with van der Waals surface area (Å²) in [5, 5.41) is 0. The summed E-state index contributed by atoms with van der Waals surface area (Å²) >= 11 is 0. The zero-order valence-corrected chi connectivity index (χ0v) is 12.6. The van der Waals surface area contributed by atoms with Gasteiger partial charge in [-0.05, 0) is 13.1 Å². The number of aromatic amines is 1. The highest BCUT2D eigenvalue weighted by molar-refractivity contribution is 5.36. The predicted molar refractivity (Wildman–Crippen MR) is 82.2 cm³/mol. The van der Waals surface area contributed by atoms with E-state index in [1.54, 1.807) is 13.4 Å². The Morgan fingerprint density at radius 2 is 2.19 bits per heavy atom. The number of piperazine rings is 1. The summed E-state index contributed by atoms with van der Waals surface area (Å²) in [4.78, 5) is 12.1. The topological polar surface area (TPSA) is 44.4 Å². The molecule has 2 heterocycles. The molecular formula is C16H22N4O. The van der Waals surface area contributed by atoms with E-state index in [0.29, 0.717) is 6.04 Å². The quantitative estimate of drug-likeness (QED) is 0.932. The summed E-state index contributed by atoms with van der Waals surface area (Å²) in [6.45, 7) is 4.04. The fraction of sp³-hybridized carbons (Fsp3) is 0.438. The maximum Gasteiger partial charge on any atom is 0.123 e. The second-order valence-electron chi connectivity index (χ2n) is 5.55. The number of nitrogens with zero attached hydrogens (tertiary/aromatic N) is 3. The van der Waals surface area contributed by atoms with Gasteiger partial charge in [0.05, 0.1) is 19.5 Å². The van der Waals surface area contributed by atoms with Crippen molar-refractivity contribution in [2.75, 3.05) is 33.8 Å². The molecule has 1 aliphatic rings. The van der Waals surface area contributed by atoms with E-state index < -0.39 is 0 Å². The first-order valence-electron chi connectivity index (χ1n) is 7.30. The van der Waals surface area contributed by atoms with Gasteiger partial charge < -0.3 is 9.72 Å². The highest BCUT2D eigenvalue weighted by atomic mass is 16.5. The molecule has 0 spiro atoms. The minimum atomic E-state index is 0.359. The molecule has 5 heteroatoms. The van der Waals surface area contributed by atoms with Gasteiger partial charge in [0.15, 0.2) is 0 Å². The second kappa shape index (κ2) is 6.28. The number of methoxy groups -OCH3 is 1. The summed E-state index contributed by atoms with van der Waals surface area (Å²) in [6.07, 6.45) is 3.64. The summed E-state index contributed by atoms with van der Waals surface area (Å²) in [5.41, 5.74) is 2.43. The number of likely N-dealkylation sites (N-methyl/N-ethyl adjacent to an activating group) is 1. The van der Waals surface area contributed by atoms with Gasteiger partial charge in [-0.1, -0.05) is 18.2 Å². The Hall–Kier alpha value is -1.85. The fourth-order valence-corrected chi connectivity index (χ4v) is 2.96. The monoisotopic (exact) mass is 286 g/mol. The molecule has 21 heavy (non-hydrogen) atoms. The average Bonchev–Trinajstić information content (AvgIpc) is 3.02. The van der Waals surface area contributed by atoms with E-state index in [4.69, 9.17) is 4.74 Å². The molecule has 112 valence electrons. The van der Waals surface area contributed by atoms with Gasteiger partial charge in [-0.2, -0.15) is 0 Å². The molecule has 1 aromatic carbocycles. The number of ether oxygens (including phenoxy) is 1. The lowest BCUT2D eigenvalue weighted by atomic mass is 10.0. The number of imidazole rings is 1. The molecular weight excluding hydrogens is 264 g/mol. The summed E-state index contributed by atoms with van der Waals surface area (Å²) in [7, 11) is 3.93. The molecule has 5 nitrogen and oxygen atoms in total. The maximum absolute atomic E-state index is 5.53. The van der Waals surface area contributed by atoms with Crippen molar-refractivity contribution in [1.29, 1.82) is 0 Å². The van der Waals surface area contributed by atoms with Crippen molar-refractivity contribution in [3.8, 4) is 5.75 Å². The largest absolute Gasteiger partial charge is 0.496 e. The number of aromatic nitrogens is 2.